The number of carboxylic acid groups (broad SMARTS) is 1. The minimum Gasteiger partial charge on any atom is -0.478 e. The molecule has 112 valence electrons. The second kappa shape index (κ2) is 6.43. The molecule has 5 nitrogen and oxygen atoms in total. The van der Waals surface area contributed by atoms with Crippen molar-refractivity contribution < 1.29 is 14.7 Å². The van der Waals surface area contributed by atoms with Gasteiger partial charge in [0.25, 0.3) is 0 Å². The number of hydrogen-bond donors (Lipinski definition) is 3. The van der Waals surface area contributed by atoms with Gasteiger partial charge in [-0.15, -0.1) is 0 Å². The number of rotatable bonds is 5. The molecule has 3 N–H and O–H groups in total. The van der Waals surface area contributed by atoms with E-state index in [2.05, 4.69) is 17.6 Å². The number of carbonyl (C=O) groups is 2. The molecule has 0 bridgehead atoms. The van der Waals surface area contributed by atoms with Crippen LogP contribution in [0, 0.1) is 0 Å². The number of anilines is 1. The van der Waals surface area contributed by atoms with E-state index in [9.17, 15) is 9.59 Å². The van der Waals surface area contributed by atoms with E-state index in [0.717, 1.165) is 30.9 Å². The molecule has 0 radical (unpaired) electrons. The third-order valence-electron chi connectivity index (χ3n) is 3.95. The van der Waals surface area contributed by atoms with Crippen LogP contribution in [-0.2, 0) is 4.79 Å². The molecule has 1 aromatic carbocycles. The summed E-state index contributed by atoms with van der Waals surface area (Å²) >= 11 is 0. The predicted molar refractivity (Wildman–Crippen MR) is 82.1 cm³/mol. The van der Waals surface area contributed by atoms with Crippen LogP contribution in [0.25, 0.3) is 6.08 Å². The van der Waals surface area contributed by atoms with E-state index in [1.165, 1.54) is 12.5 Å². The summed E-state index contributed by atoms with van der Waals surface area (Å²) in [6, 6.07) is 6.83. The summed E-state index contributed by atoms with van der Waals surface area (Å²) in [6.07, 6.45) is 6.77. The Morgan fingerprint density at radius 2 is 1.95 bits per heavy atom. The van der Waals surface area contributed by atoms with Gasteiger partial charge in [-0.3, -0.25) is 0 Å². The van der Waals surface area contributed by atoms with Gasteiger partial charge in [0.15, 0.2) is 0 Å². The van der Waals surface area contributed by atoms with Crippen LogP contribution in [0.4, 0.5) is 10.5 Å². The Kier molecular flexibility index (Phi) is 4.62. The molecule has 0 spiro atoms. The van der Waals surface area contributed by atoms with Gasteiger partial charge < -0.3 is 15.7 Å². The molecular formula is C16H20N2O3. The van der Waals surface area contributed by atoms with Crippen LogP contribution in [0.1, 0.15) is 38.2 Å². The predicted octanol–water partition coefficient (Wildman–Crippen LogP) is 3.24. The molecule has 0 heterocycles. The molecule has 1 saturated carbocycles. The fraction of sp³-hybridized carbons (Fsp3) is 0.375. The van der Waals surface area contributed by atoms with Crippen LogP contribution < -0.4 is 10.6 Å². The number of benzene rings is 1. The highest BCUT2D eigenvalue weighted by atomic mass is 16.4. The SMILES string of the molecule is CCC1(NC(=O)Nc2ccc(/C=C/C(=O)O)cc2)CCC1. The summed E-state index contributed by atoms with van der Waals surface area (Å²) in [6.45, 7) is 2.09. The zero-order valence-electron chi connectivity index (χ0n) is 12.1. The lowest BCUT2D eigenvalue weighted by molar-refractivity contribution is -0.131. The highest BCUT2D eigenvalue weighted by Crippen LogP contribution is 2.34. The summed E-state index contributed by atoms with van der Waals surface area (Å²) in [5.74, 6) is -0.984. The van der Waals surface area contributed by atoms with Gasteiger partial charge in [-0.2, -0.15) is 0 Å². The van der Waals surface area contributed by atoms with Crippen molar-refractivity contribution in [3.05, 3.63) is 35.9 Å². The topological polar surface area (TPSA) is 78.4 Å². The molecule has 1 aromatic rings. The van der Waals surface area contributed by atoms with E-state index in [1.807, 2.05) is 0 Å². The molecule has 1 aliphatic carbocycles. The summed E-state index contributed by atoms with van der Waals surface area (Å²) in [7, 11) is 0. The Hall–Kier alpha value is -2.30. The maximum atomic E-state index is 12.0. The first-order valence-electron chi connectivity index (χ1n) is 7.13. The monoisotopic (exact) mass is 288 g/mol. The molecule has 0 aromatic heterocycles. The lowest BCUT2D eigenvalue weighted by Crippen LogP contribution is -2.54. The highest BCUT2D eigenvalue weighted by Gasteiger charge is 2.36. The zero-order valence-corrected chi connectivity index (χ0v) is 12.1. The summed E-state index contributed by atoms with van der Waals surface area (Å²) in [5, 5.41) is 14.4. The Morgan fingerprint density at radius 3 is 2.43 bits per heavy atom. The number of hydrogen-bond acceptors (Lipinski definition) is 2. The number of carbonyl (C=O) groups excluding carboxylic acids is 1. The fourth-order valence-corrected chi connectivity index (χ4v) is 2.42. The molecule has 1 fully saturated rings. The lowest BCUT2D eigenvalue weighted by Gasteiger charge is -2.41. The van der Waals surface area contributed by atoms with Crippen molar-refractivity contribution in [2.24, 2.45) is 0 Å². The first-order chi connectivity index (χ1) is 10.0. The van der Waals surface area contributed by atoms with Gasteiger partial charge in [0.2, 0.25) is 0 Å². The van der Waals surface area contributed by atoms with Gasteiger partial charge in [-0.1, -0.05) is 19.1 Å². The second-order valence-corrected chi connectivity index (χ2v) is 5.36. The van der Waals surface area contributed by atoms with Crippen molar-refractivity contribution in [1.82, 2.24) is 5.32 Å². The van der Waals surface area contributed by atoms with Crippen molar-refractivity contribution in [3.63, 3.8) is 0 Å². The molecule has 0 atom stereocenters. The van der Waals surface area contributed by atoms with Crippen LogP contribution in [-0.4, -0.2) is 22.6 Å². The smallest absolute Gasteiger partial charge is 0.328 e. The van der Waals surface area contributed by atoms with Crippen LogP contribution in [0.15, 0.2) is 30.3 Å². The first-order valence-corrected chi connectivity index (χ1v) is 7.13. The molecule has 2 rings (SSSR count). The molecule has 2 amide bonds. The standard InChI is InChI=1S/C16H20N2O3/c1-2-16(10-3-11-16)18-15(21)17-13-7-4-12(5-8-13)6-9-14(19)20/h4-9H,2-3,10-11H2,1H3,(H,19,20)(H2,17,18,21)/b9-6+. The van der Waals surface area contributed by atoms with Gasteiger partial charge in [0.1, 0.15) is 0 Å². The van der Waals surface area contributed by atoms with E-state index in [-0.39, 0.29) is 11.6 Å². The van der Waals surface area contributed by atoms with Crippen LogP contribution in [0.2, 0.25) is 0 Å². The average molecular weight is 288 g/mol. The van der Waals surface area contributed by atoms with Crippen molar-refractivity contribution in [2.75, 3.05) is 5.32 Å². The van der Waals surface area contributed by atoms with Crippen LogP contribution in [0.3, 0.4) is 0 Å². The summed E-state index contributed by atoms with van der Waals surface area (Å²) in [5.41, 5.74) is 1.42. The number of urea groups is 1. The highest BCUT2D eigenvalue weighted by molar-refractivity contribution is 5.90. The van der Waals surface area contributed by atoms with Gasteiger partial charge in [0, 0.05) is 17.3 Å². The number of amides is 2. The van der Waals surface area contributed by atoms with Gasteiger partial charge in [-0.05, 0) is 49.5 Å². The van der Waals surface area contributed by atoms with Gasteiger partial charge in [-0.25, -0.2) is 9.59 Å². The lowest BCUT2D eigenvalue weighted by atomic mass is 9.75. The third-order valence-corrected chi connectivity index (χ3v) is 3.95. The third kappa shape index (κ3) is 4.08. The van der Waals surface area contributed by atoms with E-state index >= 15 is 0 Å². The van der Waals surface area contributed by atoms with E-state index in [0.29, 0.717) is 5.69 Å². The number of aliphatic carboxylic acids is 1. The van der Waals surface area contributed by atoms with E-state index in [1.54, 1.807) is 24.3 Å². The van der Waals surface area contributed by atoms with Crippen molar-refractivity contribution in [3.8, 4) is 0 Å². The van der Waals surface area contributed by atoms with Crippen molar-refractivity contribution >= 4 is 23.8 Å². The number of carboxylic acids is 1. The Morgan fingerprint density at radius 1 is 1.29 bits per heavy atom. The van der Waals surface area contributed by atoms with Gasteiger partial charge in [0.05, 0.1) is 0 Å². The minimum absolute atomic E-state index is 0.0335. The molecule has 0 aliphatic heterocycles. The Labute approximate surface area is 124 Å². The van der Waals surface area contributed by atoms with E-state index in [4.69, 9.17) is 5.11 Å². The summed E-state index contributed by atoms with van der Waals surface area (Å²) in [4.78, 5) is 22.4. The van der Waals surface area contributed by atoms with Crippen molar-refractivity contribution in [1.29, 1.82) is 0 Å². The normalized spacial score (nSPS) is 16.2. The van der Waals surface area contributed by atoms with Crippen LogP contribution >= 0.6 is 0 Å². The molecule has 21 heavy (non-hydrogen) atoms. The molecule has 0 unspecified atom stereocenters. The largest absolute Gasteiger partial charge is 0.478 e. The average Bonchev–Trinajstić information content (AvgIpc) is 2.42. The summed E-state index contributed by atoms with van der Waals surface area (Å²) < 4.78 is 0. The maximum absolute atomic E-state index is 12.0. The molecule has 1 aliphatic rings. The first kappa shape index (κ1) is 15.1. The Bertz CT molecular complexity index is 540. The molecule has 0 saturated heterocycles. The fourth-order valence-electron chi connectivity index (χ4n) is 2.42. The van der Waals surface area contributed by atoms with E-state index < -0.39 is 5.97 Å². The zero-order chi connectivity index (χ0) is 15.3. The van der Waals surface area contributed by atoms with Crippen molar-refractivity contribution in [2.45, 2.75) is 38.1 Å². The molecule has 5 heteroatoms. The minimum atomic E-state index is -0.984. The maximum Gasteiger partial charge on any atom is 0.328 e. The number of nitrogens with one attached hydrogen (secondary N) is 2. The Balaban J connectivity index is 1.91. The van der Waals surface area contributed by atoms with Crippen LogP contribution in [0.5, 0.6) is 0 Å². The molecular weight excluding hydrogens is 268 g/mol. The quantitative estimate of drug-likeness (QED) is 0.728. The van der Waals surface area contributed by atoms with Gasteiger partial charge >= 0.3 is 12.0 Å². The second-order valence-electron chi connectivity index (χ2n) is 5.36.